The maximum Gasteiger partial charge on any atom is 0.415 e. The lowest BCUT2D eigenvalue weighted by Gasteiger charge is -2.20. The number of nitrogens with one attached hydrogen (secondary N) is 1. The number of ether oxygens (including phenoxy) is 2. The summed E-state index contributed by atoms with van der Waals surface area (Å²) in [5.41, 5.74) is -0.0978. The molecule has 1 fully saturated rings. The average molecular weight is 336 g/mol. The van der Waals surface area contributed by atoms with Crippen molar-refractivity contribution in [2.24, 2.45) is 5.92 Å². The predicted octanol–water partition coefficient (Wildman–Crippen LogP) is 3.15. The zero-order valence-corrected chi connectivity index (χ0v) is 13.2. The number of benzene rings is 1. The molecule has 8 heteroatoms. The van der Waals surface area contributed by atoms with Gasteiger partial charge in [-0.15, -0.1) is 0 Å². The summed E-state index contributed by atoms with van der Waals surface area (Å²) in [5.74, 6) is 0.197. The monoisotopic (exact) mass is 336 g/mol. The third-order valence-electron chi connectivity index (χ3n) is 3.89. The number of amides is 1. The van der Waals surface area contributed by atoms with Gasteiger partial charge in [-0.1, -0.05) is 19.3 Å². The first kappa shape index (κ1) is 17.7. The highest BCUT2D eigenvalue weighted by molar-refractivity contribution is 5.72. The number of rotatable bonds is 6. The quantitative estimate of drug-likeness (QED) is 0.370. The van der Waals surface area contributed by atoms with Gasteiger partial charge in [-0.3, -0.25) is 20.2 Å². The number of non-ortho nitro benzene ring substituents is 1. The molecule has 1 aliphatic rings. The van der Waals surface area contributed by atoms with E-state index in [0.29, 0.717) is 12.3 Å². The van der Waals surface area contributed by atoms with Crippen LogP contribution in [0.2, 0.25) is 0 Å². The molecular formula is C16H20N2O6. The van der Waals surface area contributed by atoms with Crippen LogP contribution in [0.4, 0.5) is 10.5 Å². The van der Waals surface area contributed by atoms with E-state index >= 15 is 0 Å². The minimum atomic E-state index is -0.797. The summed E-state index contributed by atoms with van der Waals surface area (Å²) in [5, 5.41) is 12.8. The van der Waals surface area contributed by atoms with Gasteiger partial charge in [0, 0.05) is 18.6 Å². The second kappa shape index (κ2) is 8.85. The van der Waals surface area contributed by atoms with Gasteiger partial charge >= 0.3 is 12.1 Å². The van der Waals surface area contributed by atoms with E-state index in [1.165, 1.54) is 30.7 Å². The molecule has 1 amide bonds. The van der Waals surface area contributed by atoms with E-state index in [0.717, 1.165) is 25.7 Å². The summed E-state index contributed by atoms with van der Waals surface area (Å²) in [6.07, 6.45) is 5.19. The molecule has 24 heavy (non-hydrogen) atoms. The highest BCUT2D eigenvalue weighted by Gasteiger charge is 2.18. The summed E-state index contributed by atoms with van der Waals surface area (Å²) in [6.45, 7) is -0.266. The highest BCUT2D eigenvalue weighted by atomic mass is 16.6. The first-order valence-electron chi connectivity index (χ1n) is 7.90. The Morgan fingerprint density at radius 1 is 1.17 bits per heavy atom. The van der Waals surface area contributed by atoms with Crippen LogP contribution in [-0.2, 0) is 9.53 Å². The standard InChI is InChI=1S/C16H20N2O6/c19-15(10-12-4-2-1-3-5-12)23-11-17-16(20)24-14-8-6-13(7-9-14)18(21)22/h6-9,12H,1-5,10-11H2,(H,17,20). The van der Waals surface area contributed by atoms with Crippen molar-refractivity contribution < 1.29 is 24.0 Å². The van der Waals surface area contributed by atoms with Crippen LogP contribution in [-0.4, -0.2) is 23.7 Å². The van der Waals surface area contributed by atoms with Crippen LogP contribution in [0.15, 0.2) is 24.3 Å². The molecule has 0 saturated heterocycles. The summed E-state index contributed by atoms with van der Waals surface area (Å²) < 4.78 is 9.88. The van der Waals surface area contributed by atoms with Crippen molar-refractivity contribution in [1.82, 2.24) is 5.32 Å². The van der Waals surface area contributed by atoms with Crippen LogP contribution in [0.3, 0.4) is 0 Å². The van der Waals surface area contributed by atoms with Gasteiger partial charge in [-0.2, -0.15) is 0 Å². The molecule has 1 aromatic carbocycles. The minimum absolute atomic E-state index is 0.0978. The van der Waals surface area contributed by atoms with Gasteiger partial charge in [0.15, 0.2) is 6.73 Å². The Bertz CT molecular complexity index is 581. The average Bonchev–Trinajstić information content (AvgIpc) is 2.56. The van der Waals surface area contributed by atoms with E-state index in [1.54, 1.807) is 0 Å². The number of hydrogen-bond donors (Lipinski definition) is 1. The van der Waals surface area contributed by atoms with Crippen molar-refractivity contribution in [3.8, 4) is 5.75 Å². The molecule has 0 unspecified atom stereocenters. The first-order valence-corrected chi connectivity index (χ1v) is 7.90. The van der Waals surface area contributed by atoms with Gasteiger partial charge in [0.05, 0.1) is 4.92 Å². The van der Waals surface area contributed by atoms with Crippen molar-refractivity contribution in [1.29, 1.82) is 0 Å². The Morgan fingerprint density at radius 2 is 1.83 bits per heavy atom. The van der Waals surface area contributed by atoms with Crippen LogP contribution in [0.1, 0.15) is 38.5 Å². The first-order chi connectivity index (χ1) is 11.5. The lowest BCUT2D eigenvalue weighted by atomic mass is 9.87. The van der Waals surface area contributed by atoms with Crippen molar-refractivity contribution in [2.75, 3.05) is 6.73 Å². The molecule has 1 aromatic rings. The fourth-order valence-corrected chi connectivity index (χ4v) is 2.64. The van der Waals surface area contributed by atoms with Crippen LogP contribution in [0, 0.1) is 16.0 Å². The Kier molecular flexibility index (Phi) is 6.53. The Morgan fingerprint density at radius 3 is 2.46 bits per heavy atom. The lowest BCUT2D eigenvalue weighted by Crippen LogP contribution is -2.30. The molecule has 0 spiro atoms. The molecule has 0 atom stereocenters. The topological polar surface area (TPSA) is 108 Å². The van der Waals surface area contributed by atoms with Gasteiger partial charge < -0.3 is 9.47 Å². The van der Waals surface area contributed by atoms with Gasteiger partial charge in [-0.25, -0.2) is 4.79 Å². The zero-order chi connectivity index (χ0) is 17.4. The lowest BCUT2D eigenvalue weighted by molar-refractivity contribution is -0.384. The van der Waals surface area contributed by atoms with E-state index in [4.69, 9.17) is 9.47 Å². The molecule has 1 saturated carbocycles. The minimum Gasteiger partial charge on any atom is -0.444 e. The Hall–Kier alpha value is -2.64. The van der Waals surface area contributed by atoms with E-state index in [1.807, 2.05) is 0 Å². The number of carbonyl (C=O) groups excluding carboxylic acids is 2. The maximum absolute atomic E-state index is 11.7. The molecule has 0 bridgehead atoms. The van der Waals surface area contributed by atoms with Gasteiger partial charge in [-0.05, 0) is 30.9 Å². The second-order valence-corrected chi connectivity index (χ2v) is 5.69. The normalized spacial score (nSPS) is 14.7. The van der Waals surface area contributed by atoms with Gasteiger partial charge in [0.2, 0.25) is 0 Å². The van der Waals surface area contributed by atoms with E-state index in [-0.39, 0.29) is 24.1 Å². The molecule has 0 aliphatic heterocycles. The summed E-state index contributed by atoms with van der Waals surface area (Å²) in [4.78, 5) is 33.2. The molecule has 0 aromatic heterocycles. The maximum atomic E-state index is 11.7. The molecule has 2 rings (SSSR count). The third kappa shape index (κ3) is 5.86. The van der Waals surface area contributed by atoms with Gasteiger partial charge in [0.1, 0.15) is 5.75 Å². The number of nitrogens with zero attached hydrogens (tertiary/aromatic N) is 1. The largest absolute Gasteiger partial charge is 0.444 e. The Balaban J connectivity index is 1.65. The van der Waals surface area contributed by atoms with Gasteiger partial charge in [0.25, 0.3) is 5.69 Å². The van der Waals surface area contributed by atoms with E-state index in [9.17, 15) is 19.7 Å². The van der Waals surface area contributed by atoms with E-state index in [2.05, 4.69) is 5.32 Å². The molecule has 1 aliphatic carbocycles. The third-order valence-corrected chi connectivity index (χ3v) is 3.89. The van der Waals surface area contributed by atoms with Crippen LogP contribution in [0.5, 0.6) is 5.75 Å². The number of hydrogen-bond acceptors (Lipinski definition) is 6. The van der Waals surface area contributed by atoms with Crippen LogP contribution >= 0.6 is 0 Å². The molecule has 0 heterocycles. The smallest absolute Gasteiger partial charge is 0.415 e. The van der Waals surface area contributed by atoms with Crippen LogP contribution in [0.25, 0.3) is 0 Å². The number of nitro groups is 1. The molecular weight excluding hydrogens is 316 g/mol. The van der Waals surface area contributed by atoms with Crippen molar-refractivity contribution in [3.05, 3.63) is 34.4 Å². The summed E-state index contributed by atoms with van der Waals surface area (Å²) in [6, 6.07) is 5.08. The van der Waals surface area contributed by atoms with Crippen molar-refractivity contribution in [2.45, 2.75) is 38.5 Å². The summed E-state index contributed by atoms with van der Waals surface area (Å²) >= 11 is 0. The Labute approximate surface area is 139 Å². The fourth-order valence-electron chi connectivity index (χ4n) is 2.64. The van der Waals surface area contributed by atoms with Crippen molar-refractivity contribution in [3.63, 3.8) is 0 Å². The van der Waals surface area contributed by atoms with E-state index < -0.39 is 11.0 Å². The highest BCUT2D eigenvalue weighted by Crippen LogP contribution is 2.26. The predicted molar refractivity (Wildman–Crippen MR) is 84.4 cm³/mol. The van der Waals surface area contributed by atoms with Crippen molar-refractivity contribution >= 4 is 17.7 Å². The molecule has 0 radical (unpaired) electrons. The molecule has 1 N–H and O–H groups in total. The number of nitro benzene ring substituents is 1. The number of esters is 1. The number of carbonyl (C=O) groups is 2. The fraction of sp³-hybridized carbons (Fsp3) is 0.500. The molecule has 130 valence electrons. The zero-order valence-electron chi connectivity index (χ0n) is 13.2. The second-order valence-electron chi connectivity index (χ2n) is 5.69. The molecule has 8 nitrogen and oxygen atoms in total. The SMILES string of the molecule is O=C(CC1CCCCC1)OCNC(=O)Oc1ccc([N+](=O)[O-])cc1. The van der Waals surface area contributed by atoms with Crippen LogP contribution < -0.4 is 10.1 Å². The summed E-state index contributed by atoms with van der Waals surface area (Å²) in [7, 11) is 0.